The summed E-state index contributed by atoms with van der Waals surface area (Å²) in [6.07, 6.45) is 20.5. The summed E-state index contributed by atoms with van der Waals surface area (Å²) >= 11 is 0. The number of hydrogen-bond acceptors (Lipinski definition) is 2. The Morgan fingerprint density at radius 3 is 2.58 bits per heavy atom. The van der Waals surface area contributed by atoms with Crippen LogP contribution >= 0.6 is 0 Å². The molecule has 2 fully saturated rings. The maximum atomic E-state index is 12.4. The lowest BCUT2D eigenvalue weighted by Crippen LogP contribution is -2.41. The highest BCUT2D eigenvalue weighted by molar-refractivity contribution is 5.84. The quantitative estimate of drug-likeness (QED) is 0.350. The zero-order valence-corrected chi connectivity index (χ0v) is 17.3. The number of unbranched alkanes of at least 4 members (excludes halogenated alkanes) is 2. The Morgan fingerprint density at radius 1 is 1.19 bits per heavy atom. The summed E-state index contributed by atoms with van der Waals surface area (Å²) in [5, 5.41) is 10.7. The summed E-state index contributed by atoms with van der Waals surface area (Å²) in [7, 11) is 0. The predicted octanol–water partition coefficient (Wildman–Crippen LogP) is 6.24. The van der Waals surface area contributed by atoms with E-state index in [4.69, 9.17) is 0 Å². The predicted molar refractivity (Wildman–Crippen MR) is 110 cm³/mol. The van der Waals surface area contributed by atoms with Gasteiger partial charge in [-0.15, -0.1) is 0 Å². The average molecular weight is 361 g/mol. The van der Waals surface area contributed by atoms with E-state index in [0.717, 1.165) is 32.1 Å². The number of allylic oxidation sites excluding steroid dienone is 3. The Bertz CT molecular complexity index is 486. The highest BCUT2D eigenvalue weighted by Gasteiger charge is 2.42. The van der Waals surface area contributed by atoms with Crippen LogP contribution in [-0.4, -0.2) is 17.0 Å². The van der Waals surface area contributed by atoms with Crippen LogP contribution < -0.4 is 0 Å². The summed E-state index contributed by atoms with van der Waals surface area (Å²) in [5.41, 5.74) is 0.178. The number of carbonyl (C=O) groups excluding carboxylic acids is 1. The standard InChI is InChI=1S/C24H40O2/c1-4-6-7-8-9-12-21-20(19(3)18-22(21)25)13-10-14-23(26)24(15-5-2)16-11-17-24/h8-10,13,19-21,23,26H,4-7,11-12,14-18H2,1-3H3/b9-8-,13-10+/t19-,20+,21-,23?/m1/s1. The SMILES string of the molecule is CCCC/C=C\C[C@H]1C(=O)C[C@@H](C)[C@@H]1/C=C/CC(O)C1(CCC)CCC1. The molecule has 1 N–H and O–H groups in total. The molecule has 2 aliphatic carbocycles. The van der Waals surface area contributed by atoms with Gasteiger partial charge < -0.3 is 5.11 Å². The molecule has 2 nitrogen and oxygen atoms in total. The van der Waals surface area contributed by atoms with E-state index >= 15 is 0 Å². The lowest BCUT2D eigenvalue weighted by atomic mass is 9.62. The molecular formula is C24H40O2. The number of Topliss-reactive ketones (excluding diaryl/α,β-unsaturated/α-hetero) is 1. The summed E-state index contributed by atoms with van der Waals surface area (Å²) in [5.74, 6) is 1.34. The number of hydrogen-bond donors (Lipinski definition) is 1. The van der Waals surface area contributed by atoms with E-state index in [-0.39, 0.29) is 17.4 Å². The van der Waals surface area contributed by atoms with Crippen molar-refractivity contribution in [2.24, 2.45) is 23.2 Å². The van der Waals surface area contributed by atoms with E-state index in [9.17, 15) is 9.90 Å². The lowest BCUT2D eigenvalue weighted by molar-refractivity contribution is -0.121. The van der Waals surface area contributed by atoms with E-state index in [1.165, 1.54) is 32.1 Å². The van der Waals surface area contributed by atoms with Crippen molar-refractivity contribution < 1.29 is 9.90 Å². The minimum Gasteiger partial charge on any atom is -0.392 e. The first kappa shape index (κ1) is 21.4. The Hall–Kier alpha value is -0.890. The number of aliphatic hydroxyl groups excluding tert-OH is 1. The first-order valence-electron chi connectivity index (χ1n) is 11.1. The van der Waals surface area contributed by atoms with Crippen molar-refractivity contribution in [1.29, 1.82) is 0 Å². The van der Waals surface area contributed by atoms with Gasteiger partial charge in [-0.05, 0) is 55.8 Å². The molecule has 0 heterocycles. The van der Waals surface area contributed by atoms with Crippen LogP contribution in [0.15, 0.2) is 24.3 Å². The normalized spacial score (nSPS) is 29.5. The van der Waals surface area contributed by atoms with E-state index in [2.05, 4.69) is 45.1 Å². The van der Waals surface area contributed by atoms with Gasteiger partial charge in [-0.2, -0.15) is 0 Å². The molecule has 2 rings (SSSR count). The Labute approximate surface area is 161 Å². The van der Waals surface area contributed by atoms with Crippen molar-refractivity contribution in [3.05, 3.63) is 24.3 Å². The maximum Gasteiger partial charge on any atom is 0.137 e. The van der Waals surface area contributed by atoms with Crippen LogP contribution in [0.5, 0.6) is 0 Å². The molecule has 0 aromatic rings. The molecule has 26 heavy (non-hydrogen) atoms. The first-order valence-corrected chi connectivity index (χ1v) is 11.1. The molecule has 1 unspecified atom stereocenters. The summed E-state index contributed by atoms with van der Waals surface area (Å²) in [6.45, 7) is 6.63. The molecule has 2 heteroatoms. The van der Waals surface area contributed by atoms with Crippen molar-refractivity contribution in [2.75, 3.05) is 0 Å². The van der Waals surface area contributed by atoms with Gasteiger partial charge in [0.05, 0.1) is 6.10 Å². The Morgan fingerprint density at radius 2 is 1.96 bits per heavy atom. The molecule has 2 aliphatic rings. The number of rotatable bonds is 11. The summed E-state index contributed by atoms with van der Waals surface area (Å²) in [4.78, 5) is 12.4. The van der Waals surface area contributed by atoms with Gasteiger partial charge in [0.15, 0.2) is 0 Å². The van der Waals surface area contributed by atoms with Crippen molar-refractivity contribution in [3.63, 3.8) is 0 Å². The molecule has 0 saturated heterocycles. The van der Waals surface area contributed by atoms with Gasteiger partial charge in [-0.25, -0.2) is 0 Å². The van der Waals surface area contributed by atoms with E-state index in [1.807, 2.05) is 0 Å². The van der Waals surface area contributed by atoms with Gasteiger partial charge in [0.25, 0.3) is 0 Å². The maximum absolute atomic E-state index is 12.4. The van der Waals surface area contributed by atoms with Crippen LogP contribution in [0.3, 0.4) is 0 Å². The van der Waals surface area contributed by atoms with Crippen LogP contribution in [0.25, 0.3) is 0 Å². The number of ketones is 1. The molecule has 0 aromatic heterocycles. The van der Waals surface area contributed by atoms with E-state index < -0.39 is 0 Å². The third-order valence-electron chi connectivity index (χ3n) is 6.86. The van der Waals surface area contributed by atoms with Gasteiger partial charge in [0, 0.05) is 12.3 Å². The molecule has 4 atom stereocenters. The smallest absolute Gasteiger partial charge is 0.137 e. The second-order valence-electron chi connectivity index (χ2n) is 8.83. The van der Waals surface area contributed by atoms with Crippen molar-refractivity contribution in [2.45, 2.75) is 97.5 Å². The molecule has 0 spiro atoms. The first-order chi connectivity index (χ1) is 12.5. The van der Waals surface area contributed by atoms with Crippen molar-refractivity contribution >= 4 is 5.78 Å². The van der Waals surface area contributed by atoms with E-state index in [0.29, 0.717) is 24.0 Å². The molecule has 0 amide bonds. The van der Waals surface area contributed by atoms with Crippen molar-refractivity contribution in [1.82, 2.24) is 0 Å². The van der Waals surface area contributed by atoms with Crippen LogP contribution in [0.4, 0.5) is 0 Å². The number of aliphatic hydroxyl groups is 1. The van der Waals surface area contributed by atoms with Crippen LogP contribution in [0.2, 0.25) is 0 Å². The summed E-state index contributed by atoms with van der Waals surface area (Å²) in [6, 6.07) is 0. The largest absolute Gasteiger partial charge is 0.392 e. The van der Waals surface area contributed by atoms with Crippen molar-refractivity contribution in [3.8, 4) is 0 Å². The minimum absolute atomic E-state index is 0.143. The van der Waals surface area contributed by atoms with Crippen LogP contribution in [-0.2, 0) is 4.79 Å². The molecule has 0 radical (unpaired) electrons. The summed E-state index contributed by atoms with van der Waals surface area (Å²) < 4.78 is 0. The van der Waals surface area contributed by atoms with Gasteiger partial charge in [0.2, 0.25) is 0 Å². The highest BCUT2D eigenvalue weighted by Crippen LogP contribution is 2.48. The zero-order valence-electron chi connectivity index (χ0n) is 17.3. The fourth-order valence-electron chi connectivity index (χ4n) is 5.00. The highest BCUT2D eigenvalue weighted by atomic mass is 16.3. The van der Waals surface area contributed by atoms with Crippen LogP contribution in [0, 0.1) is 23.2 Å². The van der Waals surface area contributed by atoms with Gasteiger partial charge in [-0.3, -0.25) is 4.79 Å². The molecular weight excluding hydrogens is 320 g/mol. The lowest BCUT2D eigenvalue weighted by Gasteiger charge is -2.45. The zero-order chi connectivity index (χ0) is 19.0. The minimum atomic E-state index is -0.216. The third kappa shape index (κ3) is 5.31. The fourth-order valence-corrected chi connectivity index (χ4v) is 5.00. The Balaban J connectivity index is 1.89. The number of carbonyl (C=O) groups is 1. The molecule has 0 bridgehead atoms. The van der Waals surface area contributed by atoms with Gasteiger partial charge >= 0.3 is 0 Å². The Kier molecular flexibility index (Phi) is 8.60. The molecule has 2 saturated carbocycles. The third-order valence-corrected chi connectivity index (χ3v) is 6.86. The van der Waals surface area contributed by atoms with E-state index in [1.54, 1.807) is 0 Å². The van der Waals surface area contributed by atoms with Gasteiger partial charge in [0.1, 0.15) is 5.78 Å². The fraction of sp³-hybridized carbons (Fsp3) is 0.792. The van der Waals surface area contributed by atoms with Gasteiger partial charge in [-0.1, -0.05) is 70.8 Å². The van der Waals surface area contributed by atoms with Crippen LogP contribution in [0.1, 0.15) is 91.4 Å². The monoisotopic (exact) mass is 360 g/mol. The molecule has 0 aliphatic heterocycles. The average Bonchev–Trinajstić information content (AvgIpc) is 2.84. The second kappa shape index (κ2) is 10.4. The topological polar surface area (TPSA) is 37.3 Å². The molecule has 0 aromatic carbocycles. The second-order valence-corrected chi connectivity index (χ2v) is 8.83. The molecule has 148 valence electrons.